The highest BCUT2D eigenvalue weighted by atomic mass is 32.1. The van der Waals surface area contributed by atoms with E-state index in [-0.39, 0.29) is 19.1 Å². The van der Waals surface area contributed by atoms with Crippen LogP contribution in [0.15, 0.2) is 47.8 Å². The molecule has 0 aliphatic rings. The highest BCUT2D eigenvalue weighted by Crippen LogP contribution is 2.25. The summed E-state index contributed by atoms with van der Waals surface area (Å²) in [6.45, 7) is 2.10. The van der Waals surface area contributed by atoms with Crippen LogP contribution in [0.3, 0.4) is 0 Å². The van der Waals surface area contributed by atoms with Crippen LogP contribution in [0.1, 0.15) is 21.5 Å². The molecule has 0 aliphatic carbocycles. The fourth-order valence-corrected chi connectivity index (χ4v) is 4.18. The number of thiophene rings is 2. The van der Waals surface area contributed by atoms with Crippen molar-refractivity contribution in [3.8, 4) is 0 Å². The summed E-state index contributed by atoms with van der Waals surface area (Å²) in [5.41, 5.74) is 0. The summed E-state index contributed by atoms with van der Waals surface area (Å²) in [4.78, 5) is 39.5. The van der Waals surface area contributed by atoms with Crippen LogP contribution >= 0.6 is 22.7 Å². The summed E-state index contributed by atoms with van der Waals surface area (Å²) < 4.78 is 6.14. The largest absolute Gasteiger partial charge is 0.451 e. The molecule has 3 rings (SSSR count). The molecule has 0 fully saturated rings. The van der Waals surface area contributed by atoms with Crippen molar-refractivity contribution < 1.29 is 19.1 Å². The Morgan fingerprint density at radius 1 is 1.14 bits per heavy atom. The maximum absolute atomic E-state index is 12.3. The van der Waals surface area contributed by atoms with E-state index in [0.717, 1.165) is 15.0 Å². The molecule has 2 heterocycles. The molecule has 28 heavy (non-hydrogen) atoms. The first-order valence-corrected chi connectivity index (χ1v) is 10.5. The lowest BCUT2D eigenvalue weighted by atomic mass is 10.2. The third-order valence-corrected chi connectivity index (χ3v) is 6.03. The maximum Gasteiger partial charge on any atom is 0.348 e. The second kappa shape index (κ2) is 9.48. The molecule has 0 atom stereocenters. The standard InChI is InChI=1S/C20H20N2O4S2/c1-2-22(12-18(23)21-11-15-7-5-9-27-15)19(24)13-26-20(25)17-10-14-6-3-4-8-16(14)28-17/h3-10H,2,11-13H2,1H3,(H,21,23). The Bertz CT molecular complexity index is 933. The lowest BCUT2D eigenvalue weighted by Gasteiger charge is -2.20. The number of esters is 1. The Hall–Kier alpha value is -2.71. The highest BCUT2D eigenvalue weighted by molar-refractivity contribution is 7.20. The molecule has 2 amide bonds. The smallest absolute Gasteiger partial charge is 0.348 e. The number of likely N-dealkylation sites (N-methyl/N-ethyl adjacent to an activating group) is 1. The third kappa shape index (κ3) is 5.17. The van der Waals surface area contributed by atoms with Gasteiger partial charge in [0.2, 0.25) is 5.91 Å². The summed E-state index contributed by atoms with van der Waals surface area (Å²) in [5, 5.41) is 5.68. The lowest BCUT2D eigenvalue weighted by molar-refractivity contribution is -0.138. The van der Waals surface area contributed by atoms with E-state index in [1.54, 1.807) is 24.3 Å². The second-order valence-electron chi connectivity index (χ2n) is 5.99. The van der Waals surface area contributed by atoms with Gasteiger partial charge in [-0.05, 0) is 35.9 Å². The Morgan fingerprint density at radius 3 is 2.68 bits per heavy atom. The molecule has 3 aromatic rings. The van der Waals surface area contributed by atoms with Crippen molar-refractivity contribution in [3.05, 3.63) is 57.6 Å². The van der Waals surface area contributed by atoms with Crippen LogP contribution in [-0.4, -0.2) is 42.4 Å². The number of hydrogen-bond acceptors (Lipinski definition) is 6. The summed E-state index contributed by atoms with van der Waals surface area (Å²) in [6.07, 6.45) is 0. The molecule has 146 valence electrons. The van der Waals surface area contributed by atoms with Gasteiger partial charge in [0.15, 0.2) is 6.61 Å². The number of carbonyl (C=O) groups is 3. The maximum atomic E-state index is 12.3. The minimum Gasteiger partial charge on any atom is -0.451 e. The van der Waals surface area contributed by atoms with Gasteiger partial charge in [0, 0.05) is 16.1 Å². The van der Waals surface area contributed by atoms with E-state index in [2.05, 4.69) is 5.32 Å². The molecule has 1 N–H and O–H groups in total. The number of amides is 2. The van der Waals surface area contributed by atoms with Crippen LogP contribution in [0.5, 0.6) is 0 Å². The van der Waals surface area contributed by atoms with Gasteiger partial charge < -0.3 is 15.0 Å². The fourth-order valence-electron chi connectivity index (χ4n) is 2.58. The number of fused-ring (bicyclic) bond motifs is 1. The average Bonchev–Trinajstić information content (AvgIpc) is 3.37. The SMILES string of the molecule is CCN(CC(=O)NCc1cccs1)C(=O)COC(=O)c1cc2ccccc2s1. The molecule has 0 radical (unpaired) electrons. The minimum atomic E-state index is -0.534. The number of nitrogens with zero attached hydrogens (tertiary/aromatic N) is 1. The van der Waals surface area contributed by atoms with Crippen molar-refractivity contribution in [3.63, 3.8) is 0 Å². The van der Waals surface area contributed by atoms with Gasteiger partial charge in [-0.25, -0.2) is 4.79 Å². The van der Waals surface area contributed by atoms with Gasteiger partial charge in [0.1, 0.15) is 4.88 Å². The molecule has 0 spiro atoms. The van der Waals surface area contributed by atoms with E-state index in [1.165, 1.54) is 16.2 Å². The minimum absolute atomic E-state index is 0.0683. The summed E-state index contributed by atoms with van der Waals surface area (Å²) >= 11 is 2.88. The van der Waals surface area contributed by atoms with Crippen molar-refractivity contribution in [1.82, 2.24) is 10.2 Å². The number of carbonyl (C=O) groups excluding carboxylic acids is 3. The first kappa shape index (κ1) is 20.0. The van der Waals surface area contributed by atoms with Crippen molar-refractivity contribution in [1.29, 1.82) is 0 Å². The highest BCUT2D eigenvalue weighted by Gasteiger charge is 2.19. The van der Waals surface area contributed by atoms with Gasteiger partial charge in [-0.1, -0.05) is 24.3 Å². The molecule has 0 aliphatic heterocycles. The predicted molar refractivity (Wildman–Crippen MR) is 111 cm³/mol. The average molecular weight is 417 g/mol. The number of hydrogen-bond donors (Lipinski definition) is 1. The zero-order valence-electron chi connectivity index (χ0n) is 15.3. The molecule has 1 aromatic carbocycles. The first-order chi connectivity index (χ1) is 13.6. The summed E-state index contributed by atoms with van der Waals surface area (Å²) in [5.74, 6) is -1.18. The van der Waals surface area contributed by atoms with Crippen molar-refractivity contribution in [2.24, 2.45) is 0 Å². The van der Waals surface area contributed by atoms with Crippen molar-refractivity contribution in [2.75, 3.05) is 19.7 Å². The molecule has 0 saturated heterocycles. The Morgan fingerprint density at radius 2 is 1.96 bits per heavy atom. The van der Waals surface area contributed by atoms with Crippen LogP contribution in [0.4, 0.5) is 0 Å². The third-order valence-electron chi connectivity index (χ3n) is 4.06. The van der Waals surface area contributed by atoms with E-state index >= 15 is 0 Å². The number of ether oxygens (including phenoxy) is 1. The number of nitrogens with one attached hydrogen (secondary N) is 1. The molecular formula is C20H20N2O4S2. The monoisotopic (exact) mass is 416 g/mol. The number of rotatable bonds is 8. The van der Waals surface area contributed by atoms with Crippen molar-refractivity contribution >= 4 is 50.5 Å². The van der Waals surface area contributed by atoms with E-state index < -0.39 is 11.9 Å². The van der Waals surface area contributed by atoms with Crippen LogP contribution in [0.2, 0.25) is 0 Å². The van der Waals surface area contributed by atoms with Gasteiger partial charge in [-0.15, -0.1) is 22.7 Å². The van der Waals surface area contributed by atoms with Crippen LogP contribution in [0, 0.1) is 0 Å². The molecule has 0 saturated carbocycles. The number of benzene rings is 1. The van der Waals surface area contributed by atoms with E-state index in [1.807, 2.05) is 41.8 Å². The Kier molecular flexibility index (Phi) is 6.78. The van der Waals surface area contributed by atoms with Crippen molar-refractivity contribution in [2.45, 2.75) is 13.5 Å². The van der Waals surface area contributed by atoms with Crippen LogP contribution in [0.25, 0.3) is 10.1 Å². The Balaban J connectivity index is 1.48. The van der Waals surface area contributed by atoms with Crippen LogP contribution in [-0.2, 0) is 20.9 Å². The van der Waals surface area contributed by atoms with Gasteiger partial charge in [-0.3, -0.25) is 9.59 Å². The van der Waals surface area contributed by atoms with Gasteiger partial charge in [0.05, 0.1) is 13.1 Å². The van der Waals surface area contributed by atoms with E-state index in [0.29, 0.717) is 18.0 Å². The molecule has 0 unspecified atom stereocenters. The van der Waals surface area contributed by atoms with Gasteiger partial charge >= 0.3 is 5.97 Å². The predicted octanol–water partition coefficient (Wildman–Crippen LogP) is 3.28. The normalized spacial score (nSPS) is 10.6. The van der Waals surface area contributed by atoms with Gasteiger partial charge in [0.25, 0.3) is 5.91 Å². The topological polar surface area (TPSA) is 75.7 Å². The Labute approximate surface area is 170 Å². The first-order valence-electron chi connectivity index (χ1n) is 8.79. The molecule has 8 heteroatoms. The zero-order chi connectivity index (χ0) is 19.9. The van der Waals surface area contributed by atoms with E-state index in [9.17, 15) is 14.4 Å². The second-order valence-corrected chi connectivity index (χ2v) is 8.10. The summed E-state index contributed by atoms with van der Waals surface area (Å²) in [7, 11) is 0. The van der Waals surface area contributed by atoms with Gasteiger partial charge in [-0.2, -0.15) is 0 Å². The molecular weight excluding hydrogens is 396 g/mol. The quantitative estimate of drug-likeness (QED) is 0.572. The zero-order valence-corrected chi connectivity index (χ0v) is 17.0. The molecule has 2 aromatic heterocycles. The van der Waals surface area contributed by atoms with E-state index in [4.69, 9.17) is 4.74 Å². The molecule has 6 nitrogen and oxygen atoms in total. The lowest BCUT2D eigenvalue weighted by Crippen LogP contribution is -2.42. The fraction of sp³-hybridized carbons (Fsp3) is 0.250. The summed E-state index contributed by atoms with van der Waals surface area (Å²) in [6, 6.07) is 13.2. The molecule has 0 bridgehead atoms. The van der Waals surface area contributed by atoms with Crippen LogP contribution < -0.4 is 5.32 Å².